The molecule has 4 aromatic carbocycles. The van der Waals surface area contributed by atoms with Gasteiger partial charge in [-0.05, 0) is 78.9 Å². The number of fused-ring (bicyclic) bond motifs is 1. The van der Waals surface area contributed by atoms with Gasteiger partial charge in [-0.25, -0.2) is 4.79 Å². The van der Waals surface area contributed by atoms with Gasteiger partial charge in [-0.1, -0.05) is 61.5 Å². The number of methoxy groups -OCH3 is 2. The van der Waals surface area contributed by atoms with Crippen molar-refractivity contribution in [1.82, 2.24) is 0 Å². The summed E-state index contributed by atoms with van der Waals surface area (Å²) < 4.78 is 24.1. The summed E-state index contributed by atoms with van der Waals surface area (Å²) in [5.74, 6) is 1.51. The maximum atomic E-state index is 13.0. The van der Waals surface area contributed by atoms with Crippen molar-refractivity contribution in [2.24, 2.45) is 0 Å². The van der Waals surface area contributed by atoms with Gasteiger partial charge < -0.3 is 23.5 Å². The quantitative estimate of drug-likeness (QED) is 0.110. The fraction of sp³-hybridized carbons (Fsp3) is 0.270. The predicted molar refractivity (Wildman–Crippen MR) is 172 cm³/mol. The zero-order valence-electron chi connectivity index (χ0n) is 25.5. The molecule has 0 saturated heterocycles. The van der Waals surface area contributed by atoms with Gasteiger partial charge in [-0.2, -0.15) is 0 Å². The van der Waals surface area contributed by atoms with Crippen molar-refractivity contribution in [1.29, 1.82) is 0 Å². The average molecular weight is 578 g/mol. The third kappa shape index (κ3) is 5.88. The van der Waals surface area contributed by atoms with E-state index >= 15 is 0 Å². The Kier molecular flexibility index (Phi) is 9.17. The molecular weight excluding hydrogens is 538 g/mol. The van der Waals surface area contributed by atoms with Gasteiger partial charge in [-0.15, -0.1) is 0 Å². The lowest BCUT2D eigenvalue weighted by atomic mass is 9.79. The van der Waals surface area contributed by atoms with Crippen molar-refractivity contribution in [3.05, 3.63) is 136 Å². The highest BCUT2D eigenvalue weighted by molar-refractivity contribution is 5.84. The van der Waals surface area contributed by atoms with Gasteiger partial charge in [0.25, 0.3) is 0 Å². The van der Waals surface area contributed by atoms with E-state index in [2.05, 4.69) is 43.9 Å². The highest BCUT2D eigenvalue weighted by atomic mass is 16.5. The highest BCUT2D eigenvalue weighted by Gasteiger charge is 2.40. The molecule has 43 heavy (non-hydrogen) atoms. The summed E-state index contributed by atoms with van der Waals surface area (Å²) in [6, 6.07) is 33.8. The van der Waals surface area contributed by atoms with Crippen LogP contribution in [0.25, 0.3) is 11.0 Å². The molecule has 0 saturated carbocycles. The first-order valence-electron chi connectivity index (χ1n) is 14.8. The minimum absolute atomic E-state index is 0.402. The Balaban J connectivity index is 1.74. The Labute approximate surface area is 253 Å². The van der Waals surface area contributed by atoms with E-state index in [0.717, 1.165) is 57.9 Å². The second kappa shape index (κ2) is 13.2. The lowest BCUT2D eigenvalue weighted by Gasteiger charge is -2.39. The number of hydrogen-bond acceptors (Lipinski definition) is 6. The zero-order chi connectivity index (χ0) is 30.4. The van der Waals surface area contributed by atoms with Crippen LogP contribution in [0.4, 0.5) is 5.69 Å². The van der Waals surface area contributed by atoms with Crippen molar-refractivity contribution in [3.63, 3.8) is 0 Å². The van der Waals surface area contributed by atoms with Crippen molar-refractivity contribution >= 4 is 16.7 Å². The van der Waals surface area contributed by atoms with E-state index in [1.807, 2.05) is 78.9 Å². The van der Waals surface area contributed by atoms with Crippen LogP contribution < -0.4 is 20.0 Å². The number of ether oxygens (including phenoxy) is 3. The first-order chi connectivity index (χ1) is 21.0. The van der Waals surface area contributed by atoms with Crippen LogP contribution in [0.2, 0.25) is 0 Å². The molecule has 1 heterocycles. The van der Waals surface area contributed by atoms with Gasteiger partial charge >= 0.3 is 5.63 Å². The summed E-state index contributed by atoms with van der Waals surface area (Å²) in [4.78, 5) is 15.2. The fourth-order valence-electron chi connectivity index (χ4n) is 5.84. The smallest absolute Gasteiger partial charge is 0.336 e. The maximum Gasteiger partial charge on any atom is 0.336 e. The summed E-state index contributed by atoms with van der Waals surface area (Å²) in [6.07, 6.45) is 0.173. The van der Waals surface area contributed by atoms with Gasteiger partial charge in [0, 0.05) is 36.3 Å². The predicted octanol–water partition coefficient (Wildman–Crippen LogP) is 8.12. The van der Waals surface area contributed by atoms with Gasteiger partial charge in [-0.3, -0.25) is 0 Å². The molecule has 0 aliphatic rings. The minimum Gasteiger partial charge on any atom is -0.497 e. The lowest BCUT2D eigenvalue weighted by Crippen LogP contribution is -2.34. The molecule has 0 fully saturated rings. The summed E-state index contributed by atoms with van der Waals surface area (Å²) in [5.41, 5.74) is 3.75. The van der Waals surface area contributed by atoms with Crippen molar-refractivity contribution in [3.8, 4) is 11.5 Å². The molecule has 5 aromatic rings. The molecule has 1 aromatic heterocycles. The Bertz CT molecular complexity index is 1640. The van der Waals surface area contributed by atoms with Crippen LogP contribution in [0.1, 0.15) is 55.5 Å². The van der Waals surface area contributed by atoms with E-state index in [-0.39, 0.29) is 0 Å². The van der Waals surface area contributed by atoms with Crippen LogP contribution in [0.15, 0.2) is 112 Å². The topological polar surface area (TPSA) is 61.1 Å². The first-order valence-corrected chi connectivity index (χ1v) is 14.8. The largest absolute Gasteiger partial charge is 0.497 e. The van der Waals surface area contributed by atoms with Crippen LogP contribution >= 0.6 is 0 Å². The Morgan fingerprint density at radius 1 is 0.721 bits per heavy atom. The van der Waals surface area contributed by atoms with Gasteiger partial charge in [0.15, 0.2) is 0 Å². The Morgan fingerprint density at radius 2 is 1.28 bits per heavy atom. The van der Waals surface area contributed by atoms with E-state index in [0.29, 0.717) is 12.0 Å². The summed E-state index contributed by atoms with van der Waals surface area (Å²) in [7, 11) is 3.31. The van der Waals surface area contributed by atoms with Crippen LogP contribution in [-0.4, -0.2) is 27.3 Å². The van der Waals surface area contributed by atoms with E-state index in [9.17, 15) is 4.79 Å². The Hall–Kier alpha value is -4.55. The van der Waals surface area contributed by atoms with Gasteiger partial charge in [0.2, 0.25) is 0 Å². The number of hydrogen-bond donors (Lipinski definition) is 0. The summed E-state index contributed by atoms with van der Waals surface area (Å²) >= 11 is 0. The molecule has 0 aliphatic carbocycles. The molecule has 6 nitrogen and oxygen atoms in total. The molecule has 0 radical (unpaired) electrons. The first kappa shape index (κ1) is 29.9. The molecule has 0 spiro atoms. The van der Waals surface area contributed by atoms with E-state index in [4.69, 9.17) is 18.6 Å². The average Bonchev–Trinajstić information content (AvgIpc) is 3.06. The Morgan fingerprint density at radius 3 is 1.79 bits per heavy atom. The van der Waals surface area contributed by atoms with Crippen LogP contribution in [-0.2, 0) is 10.3 Å². The van der Waals surface area contributed by atoms with Crippen molar-refractivity contribution in [2.75, 3.05) is 32.2 Å². The second-order valence-corrected chi connectivity index (χ2v) is 10.4. The second-order valence-electron chi connectivity index (χ2n) is 10.4. The SMILES string of the molecule is CC[C@H](OC(c1ccccc1)(c1ccc(OC)cc1)c1ccc(OC)cc1)c1cc(=O)oc2cc(N(CC)CC)ccc12. The van der Waals surface area contributed by atoms with E-state index < -0.39 is 17.3 Å². The zero-order valence-corrected chi connectivity index (χ0v) is 25.5. The van der Waals surface area contributed by atoms with E-state index in [1.165, 1.54) is 0 Å². The molecule has 6 heteroatoms. The minimum atomic E-state index is -1.02. The molecule has 222 valence electrons. The third-order valence-corrected chi connectivity index (χ3v) is 8.10. The van der Waals surface area contributed by atoms with Crippen LogP contribution in [0.5, 0.6) is 11.5 Å². The molecule has 0 aliphatic heterocycles. The third-order valence-electron chi connectivity index (χ3n) is 8.10. The lowest BCUT2D eigenvalue weighted by molar-refractivity contribution is -0.0506. The molecule has 0 unspecified atom stereocenters. The van der Waals surface area contributed by atoms with E-state index in [1.54, 1.807) is 20.3 Å². The molecule has 1 atom stereocenters. The number of rotatable bonds is 12. The number of nitrogens with zero attached hydrogens (tertiary/aromatic N) is 1. The monoisotopic (exact) mass is 577 g/mol. The molecule has 0 bridgehead atoms. The molecule has 0 N–H and O–H groups in total. The van der Waals surface area contributed by atoms with Crippen LogP contribution in [0.3, 0.4) is 0 Å². The summed E-state index contributed by atoms with van der Waals surface area (Å²) in [6.45, 7) is 8.02. The normalized spacial score (nSPS) is 12.2. The van der Waals surface area contributed by atoms with Gasteiger partial charge in [0.1, 0.15) is 22.7 Å². The summed E-state index contributed by atoms with van der Waals surface area (Å²) in [5, 5.41) is 0.855. The number of anilines is 1. The molecule has 5 rings (SSSR count). The highest BCUT2D eigenvalue weighted by Crippen LogP contribution is 2.46. The van der Waals surface area contributed by atoms with Crippen LogP contribution in [0, 0.1) is 0 Å². The van der Waals surface area contributed by atoms with Crippen molar-refractivity contribution in [2.45, 2.75) is 38.9 Å². The van der Waals surface area contributed by atoms with Gasteiger partial charge in [0.05, 0.1) is 20.3 Å². The molecule has 0 amide bonds. The maximum absolute atomic E-state index is 13.0. The standard InChI is InChI=1S/C37H39NO5/c1-6-34(33-25-36(39)42-35-24-29(18-23-32(33)35)38(7-2)8-3)43-37(26-12-10-9-11-13-26,27-14-19-30(40-4)20-15-27)28-16-21-31(41-5)22-17-28/h9-25,34H,6-8H2,1-5H3/t34-/m0/s1. The molecular formula is C37H39NO5. The number of benzene rings is 4. The fourth-order valence-corrected chi connectivity index (χ4v) is 5.84. The van der Waals surface area contributed by atoms with Crippen molar-refractivity contribution < 1.29 is 18.6 Å².